The van der Waals surface area contributed by atoms with E-state index in [2.05, 4.69) is 17.7 Å². The Morgan fingerprint density at radius 3 is 2.40 bits per heavy atom. The molecule has 0 atom stereocenters. The molecule has 1 aromatic rings. The molecular formula is C7H7N2S. The summed E-state index contributed by atoms with van der Waals surface area (Å²) in [4.78, 5) is 0. The number of para-hydroxylation sites is 1. The summed E-state index contributed by atoms with van der Waals surface area (Å²) in [6.45, 7) is 0. The predicted molar refractivity (Wildman–Crippen MR) is 45.7 cm³/mol. The van der Waals surface area contributed by atoms with Gasteiger partial charge in [0.05, 0.1) is 5.69 Å². The van der Waals surface area contributed by atoms with Crippen molar-refractivity contribution in [2.24, 2.45) is 5.84 Å². The van der Waals surface area contributed by atoms with Crippen LogP contribution in [0.3, 0.4) is 0 Å². The summed E-state index contributed by atoms with van der Waals surface area (Å²) in [6.07, 6.45) is 0. The van der Waals surface area contributed by atoms with Crippen molar-refractivity contribution in [1.29, 1.82) is 0 Å². The number of nitrogens with two attached hydrogens (primary N) is 1. The van der Waals surface area contributed by atoms with Crippen LogP contribution in [0.5, 0.6) is 0 Å². The van der Waals surface area contributed by atoms with E-state index in [1.54, 1.807) is 0 Å². The van der Waals surface area contributed by atoms with Gasteiger partial charge in [0, 0.05) is 0 Å². The molecule has 1 aromatic carbocycles. The molecule has 0 aliphatic heterocycles. The first kappa shape index (κ1) is 7.18. The number of anilines is 1. The van der Waals surface area contributed by atoms with E-state index in [9.17, 15) is 0 Å². The lowest BCUT2D eigenvalue weighted by Gasteiger charge is -2.08. The summed E-state index contributed by atoms with van der Waals surface area (Å²) in [6, 6.07) is 9.42. The first-order valence-corrected chi connectivity index (χ1v) is 3.23. The fraction of sp³-hybridized carbons (Fsp3) is 0. The van der Waals surface area contributed by atoms with Gasteiger partial charge in [0.1, 0.15) is 0 Å². The smallest absolute Gasteiger partial charge is 0.157 e. The standard InChI is InChI=1S/C7H7N2S/c8-9(6-10)7-4-2-1-3-5-7/h1-5H,8H2. The molecule has 0 aromatic heterocycles. The van der Waals surface area contributed by atoms with E-state index in [-0.39, 0.29) is 0 Å². The van der Waals surface area contributed by atoms with E-state index >= 15 is 0 Å². The summed E-state index contributed by atoms with van der Waals surface area (Å²) >= 11 is 4.51. The molecule has 0 saturated carbocycles. The van der Waals surface area contributed by atoms with Crippen LogP contribution in [0.25, 0.3) is 0 Å². The molecule has 2 N–H and O–H groups in total. The quantitative estimate of drug-likeness (QED) is 0.298. The average molecular weight is 151 g/mol. The van der Waals surface area contributed by atoms with Crippen LogP contribution in [0.1, 0.15) is 0 Å². The number of thiocarbonyl (C=S) groups is 1. The van der Waals surface area contributed by atoms with Gasteiger partial charge in [-0.15, -0.1) is 0 Å². The first-order valence-electron chi connectivity index (χ1n) is 2.82. The van der Waals surface area contributed by atoms with Crippen molar-refractivity contribution in [2.75, 3.05) is 5.01 Å². The van der Waals surface area contributed by atoms with Crippen LogP contribution < -0.4 is 10.9 Å². The monoisotopic (exact) mass is 151 g/mol. The second kappa shape index (κ2) is 3.29. The molecule has 10 heavy (non-hydrogen) atoms. The zero-order chi connectivity index (χ0) is 7.40. The highest BCUT2D eigenvalue weighted by atomic mass is 32.1. The molecule has 0 heterocycles. The van der Waals surface area contributed by atoms with Gasteiger partial charge in [-0.25, -0.2) is 5.84 Å². The van der Waals surface area contributed by atoms with Gasteiger partial charge in [-0.2, -0.15) is 0 Å². The van der Waals surface area contributed by atoms with Crippen molar-refractivity contribution >= 4 is 23.4 Å². The number of hydrogen-bond donors (Lipinski definition) is 1. The van der Waals surface area contributed by atoms with Crippen molar-refractivity contribution in [3.05, 3.63) is 30.3 Å². The molecule has 51 valence electrons. The number of hydrogen-bond acceptors (Lipinski definition) is 2. The molecular weight excluding hydrogens is 144 g/mol. The Hall–Kier alpha value is -0.930. The van der Waals surface area contributed by atoms with Crippen LogP contribution in [0, 0.1) is 0 Å². The minimum Gasteiger partial charge on any atom is -0.266 e. The molecule has 3 heteroatoms. The van der Waals surface area contributed by atoms with Crippen LogP contribution >= 0.6 is 12.2 Å². The maximum absolute atomic E-state index is 5.41. The zero-order valence-corrected chi connectivity index (χ0v) is 6.14. The van der Waals surface area contributed by atoms with E-state index in [1.165, 1.54) is 5.01 Å². The molecule has 0 aliphatic rings. The molecule has 0 spiro atoms. The van der Waals surface area contributed by atoms with Crippen LogP contribution in [0.15, 0.2) is 30.3 Å². The third kappa shape index (κ3) is 1.52. The van der Waals surface area contributed by atoms with Crippen molar-refractivity contribution in [3.8, 4) is 0 Å². The Morgan fingerprint density at radius 1 is 1.30 bits per heavy atom. The number of benzene rings is 1. The van der Waals surface area contributed by atoms with Gasteiger partial charge in [-0.05, 0) is 12.1 Å². The van der Waals surface area contributed by atoms with Gasteiger partial charge in [-0.3, -0.25) is 5.01 Å². The van der Waals surface area contributed by atoms with Crippen molar-refractivity contribution in [2.45, 2.75) is 0 Å². The largest absolute Gasteiger partial charge is 0.266 e. The number of rotatable bonds is 2. The summed E-state index contributed by atoms with van der Waals surface area (Å²) < 4.78 is 0. The molecule has 0 amide bonds. The molecule has 0 saturated heterocycles. The predicted octanol–water partition coefficient (Wildman–Crippen LogP) is 1.20. The Balaban J connectivity index is 2.84. The molecule has 0 bridgehead atoms. The second-order valence-electron chi connectivity index (χ2n) is 1.80. The molecule has 1 rings (SSSR count). The zero-order valence-electron chi connectivity index (χ0n) is 5.32. The van der Waals surface area contributed by atoms with E-state index in [0.29, 0.717) is 0 Å². The Kier molecular flexibility index (Phi) is 2.36. The Bertz CT molecular complexity index is 210. The van der Waals surface area contributed by atoms with Crippen molar-refractivity contribution < 1.29 is 0 Å². The normalized spacial score (nSPS) is 8.90. The Labute approximate surface area is 65.2 Å². The van der Waals surface area contributed by atoms with Gasteiger partial charge in [0.2, 0.25) is 0 Å². The van der Waals surface area contributed by atoms with Crippen molar-refractivity contribution in [1.82, 2.24) is 0 Å². The molecule has 2 nitrogen and oxygen atoms in total. The third-order valence-corrected chi connectivity index (χ3v) is 1.33. The number of nitrogens with zero attached hydrogens (tertiary/aromatic N) is 1. The lowest BCUT2D eigenvalue weighted by molar-refractivity contribution is 1.17. The summed E-state index contributed by atoms with van der Waals surface area (Å²) in [5, 5.41) is 1.27. The van der Waals surface area contributed by atoms with Gasteiger partial charge in [-0.1, -0.05) is 30.4 Å². The van der Waals surface area contributed by atoms with Gasteiger partial charge in [0.25, 0.3) is 0 Å². The summed E-state index contributed by atoms with van der Waals surface area (Å²) in [5.41, 5.74) is 3.22. The topological polar surface area (TPSA) is 29.3 Å². The van der Waals surface area contributed by atoms with Gasteiger partial charge in [0.15, 0.2) is 5.49 Å². The average Bonchev–Trinajstić information content (AvgIpc) is 2.05. The molecule has 0 unspecified atom stereocenters. The minimum absolute atomic E-state index is 0.845. The maximum Gasteiger partial charge on any atom is 0.157 e. The third-order valence-electron chi connectivity index (χ3n) is 1.13. The fourth-order valence-electron chi connectivity index (χ4n) is 0.641. The highest BCUT2D eigenvalue weighted by Crippen LogP contribution is 2.06. The van der Waals surface area contributed by atoms with E-state index < -0.39 is 0 Å². The highest BCUT2D eigenvalue weighted by molar-refractivity contribution is 7.79. The van der Waals surface area contributed by atoms with Crippen LogP contribution in [-0.2, 0) is 0 Å². The van der Waals surface area contributed by atoms with E-state index in [4.69, 9.17) is 5.84 Å². The Morgan fingerprint density at radius 2 is 1.90 bits per heavy atom. The van der Waals surface area contributed by atoms with Gasteiger partial charge >= 0.3 is 0 Å². The number of hydrazine groups is 1. The van der Waals surface area contributed by atoms with Crippen LogP contribution in [-0.4, -0.2) is 5.49 Å². The second-order valence-corrected chi connectivity index (χ2v) is 1.98. The van der Waals surface area contributed by atoms with E-state index in [1.807, 2.05) is 30.3 Å². The maximum atomic E-state index is 5.41. The summed E-state index contributed by atoms with van der Waals surface area (Å²) in [5.74, 6) is 5.41. The summed E-state index contributed by atoms with van der Waals surface area (Å²) in [7, 11) is 0. The van der Waals surface area contributed by atoms with Crippen LogP contribution in [0.4, 0.5) is 5.69 Å². The van der Waals surface area contributed by atoms with E-state index in [0.717, 1.165) is 5.69 Å². The minimum atomic E-state index is 0.845. The van der Waals surface area contributed by atoms with Gasteiger partial charge < -0.3 is 0 Å². The first-order chi connectivity index (χ1) is 4.84. The SMILES string of the molecule is NN([C]=S)c1ccccc1. The lowest BCUT2D eigenvalue weighted by atomic mass is 10.3. The molecule has 1 radical (unpaired) electrons. The molecule has 0 aliphatic carbocycles. The molecule has 0 fully saturated rings. The highest BCUT2D eigenvalue weighted by Gasteiger charge is 1.93. The van der Waals surface area contributed by atoms with Crippen molar-refractivity contribution in [3.63, 3.8) is 0 Å². The lowest BCUT2D eigenvalue weighted by Crippen LogP contribution is -2.27. The van der Waals surface area contributed by atoms with Crippen LogP contribution in [0.2, 0.25) is 0 Å². The fourth-order valence-corrected chi connectivity index (χ4v) is 0.747.